The topological polar surface area (TPSA) is 15.3 Å². The molecule has 1 aliphatic carbocycles. The van der Waals surface area contributed by atoms with Crippen molar-refractivity contribution in [2.24, 2.45) is 5.92 Å². The number of likely N-dealkylation sites (N-methyl/N-ethyl adjacent to an activating group) is 1. The highest BCUT2D eigenvalue weighted by molar-refractivity contribution is 5.34. The Labute approximate surface area is 130 Å². The number of rotatable bonds is 6. The van der Waals surface area contributed by atoms with Crippen molar-refractivity contribution >= 4 is 0 Å². The van der Waals surface area contributed by atoms with E-state index in [9.17, 15) is 0 Å². The minimum absolute atomic E-state index is 0.473. The normalized spacial score (nSPS) is 22.1. The molecule has 1 aliphatic rings. The third-order valence-electron chi connectivity index (χ3n) is 4.57. The van der Waals surface area contributed by atoms with Crippen LogP contribution in [0.3, 0.4) is 0 Å². The Kier molecular flexibility index (Phi) is 5.83. The Bertz CT molecular complexity index is 439. The highest BCUT2D eigenvalue weighted by Gasteiger charge is 2.34. The van der Waals surface area contributed by atoms with Gasteiger partial charge in [0.2, 0.25) is 0 Å². The lowest BCUT2D eigenvalue weighted by Gasteiger charge is -2.44. The van der Waals surface area contributed by atoms with Gasteiger partial charge in [0, 0.05) is 24.7 Å². The summed E-state index contributed by atoms with van der Waals surface area (Å²) in [5, 5.41) is 3.76. The number of nitrogens with one attached hydrogen (secondary N) is 1. The number of nitrogens with zero attached hydrogens (tertiary/aromatic N) is 1. The van der Waals surface area contributed by atoms with Gasteiger partial charge in [-0.2, -0.15) is 0 Å². The summed E-state index contributed by atoms with van der Waals surface area (Å²) < 4.78 is 0. The lowest BCUT2D eigenvalue weighted by Crippen LogP contribution is -2.51. The monoisotopic (exact) mass is 288 g/mol. The van der Waals surface area contributed by atoms with Gasteiger partial charge in [0.05, 0.1) is 0 Å². The number of hydrogen-bond donors (Lipinski definition) is 1. The second-order valence-corrected chi connectivity index (χ2v) is 7.02. The first-order valence-corrected chi connectivity index (χ1v) is 8.61. The Hall–Kier alpha value is -0.860. The average molecular weight is 288 g/mol. The maximum atomic E-state index is 3.76. The van der Waals surface area contributed by atoms with Gasteiger partial charge >= 0.3 is 0 Å². The maximum absolute atomic E-state index is 3.76. The summed E-state index contributed by atoms with van der Waals surface area (Å²) in [6.07, 6.45) is 2.48. The van der Waals surface area contributed by atoms with Gasteiger partial charge in [0.1, 0.15) is 0 Å². The van der Waals surface area contributed by atoms with E-state index in [2.05, 4.69) is 69.1 Å². The summed E-state index contributed by atoms with van der Waals surface area (Å²) in [4.78, 5) is 2.72. The van der Waals surface area contributed by atoms with Crippen LogP contribution in [0.25, 0.3) is 0 Å². The van der Waals surface area contributed by atoms with E-state index in [0.717, 1.165) is 6.54 Å². The summed E-state index contributed by atoms with van der Waals surface area (Å²) in [7, 11) is 0. The minimum atomic E-state index is 0.473. The van der Waals surface area contributed by atoms with E-state index < -0.39 is 0 Å². The molecule has 0 fully saturated rings. The molecule has 0 saturated carbocycles. The molecular weight excluding hydrogens is 256 g/mol. The quantitative estimate of drug-likeness (QED) is 0.850. The first kappa shape index (κ1) is 16.5. The Morgan fingerprint density at radius 3 is 2.52 bits per heavy atom. The van der Waals surface area contributed by atoms with Gasteiger partial charge in [-0.3, -0.25) is 4.90 Å². The van der Waals surface area contributed by atoms with Crippen LogP contribution in [0.4, 0.5) is 0 Å². The number of benzene rings is 1. The maximum Gasteiger partial charge on any atom is 0.0481 e. The zero-order chi connectivity index (χ0) is 15.4. The van der Waals surface area contributed by atoms with E-state index in [4.69, 9.17) is 0 Å². The molecular formula is C19H32N2. The van der Waals surface area contributed by atoms with E-state index in [1.165, 1.54) is 30.5 Å². The molecule has 0 radical (unpaired) electrons. The van der Waals surface area contributed by atoms with Crippen molar-refractivity contribution in [3.05, 3.63) is 35.4 Å². The summed E-state index contributed by atoms with van der Waals surface area (Å²) in [6, 6.07) is 10.7. The van der Waals surface area contributed by atoms with Gasteiger partial charge in [-0.15, -0.1) is 0 Å². The number of fused-ring (bicyclic) bond motifs is 1. The fraction of sp³-hybridized carbons (Fsp3) is 0.684. The zero-order valence-electron chi connectivity index (χ0n) is 14.4. The van der Waals surface area contributed by atoms with E-state index in [1.807, 2.05) is 0 Å². The lowest BCUT2D eigenvalue weighted by molar-refractivity contribution is 0.0935. The van der Waals surface area contributed by atoms with Crippen molar-refractivity contribution in [3.8, 4) is 0 Å². The van der Waals surface area contributed by atoms with Crippen LogP contribution in [0, 0.1) is 5.92 Å². The third-order valence-corrected chi connectivity index (χ3v) is 4.57. The molecule has 21 heavy (non-hydrogen) atoms. The van der Waals surface area contributed by atoms with Crippen molar-refractivity contribution in [3.63, 3.8) is 0 Å². The molecule has 0 saturated heterocycles. The molecule has 0 heterocycles. The summed E-state index contributed by atoms with van der Waals surface area (Å²) in [6.45, 7) is 13.8. The van der Waals surface area contributed by atoms with Gasteiger partial charge in [-0.1, -0.05) is 45.0 Å². The van der Waals surface area contributed by atoms with Crippen LogP contribution < -0.4 is 5.32 Å². The highest BCUT2D eigenvalue weighted by atomic mass is 15.2. The molecule has 0 amide bonds. The van der Waals surface area contributed by atoms with Crippen LogP contribution >= 0.6 is 0 Å². The highest BCUT2D eigenvalue weighted by Crippen LogP contribution is 2.34. The molecule has 2 heteroatoms. The largest absolute Gasteiger partial charge is 0.309 e. The molecule has 118 valence electrons. The van der Waals surface area contributed by atoms with Gasteiger partial charge < -0.3 is 5.32 Å². The van der Waals surface area contributed by atoms with E-state index in [1.54, 1.807) is 0 Å². The van der Waals surface area contributed by atoms with Crippen molar-refractivity contribution in [1.82, 2.24) is 10.2 Å². The van der Waals surface area contributed by atoms with Crippen molar-refractivity contribution < 1.29 is 0 Å². The third kappa shape index (κ3) is 3.87. The molecule has 2 nitrogen and oxygen atoms in total. The number of aryl methyl sites for hydroxylation is 1. The molecule has 2 unspecified atom stereocenters. The van der Waals surface area contributed by atoms with Gasteiger partial charge in [-0.25, -0.2) is 0 Å². The van der Waals surface area contributed by atoms with E-state index in [-0.39, 0.29) is 0 Å². The van der Waals surface area contributed by atoms with Crippen molar-refractivity contribution in [2.45, 2.75) is 65.6 Å². The second kappa shape index (κ2) is 7.42. The Morgan fingerprint density at radius 1 is 1.19 bits per heavy atom. The predicted octanol–water partition coefficient (Wildman–Crippen LogP) is 4.02. The average Bonchev–Trinajstić information content (AvgIpc) is 2.45. The van der Waals surface area contributed by atoms with Gasteiger partial charge in [0.15, 0.2) is 0 Å². The van der Waals surface area contributed by atoms with Crippen LogP contribution in [0.1, 0.15) is 58.2 Å². The SMILES string of the molecule is CCNC1c2ccccc2CCC1N(CC(C)C)C(C)C. The smallest absolute Gasteiger partial charge is 0.0481 e. The molecule has 0 aliphatic heterocycles. The summed E-state index contributed by atoms with van der Waals surface area (Å²) >= 11 is 0. The van der Waals surface area contributed by atoms with Crippen LogP contribution in [-0.2, 0) is 6.42 Å². The van der Waals surface area contributed by atoms with Gasteiger partial charge in [-0.05, 0) is 50.3 Å². The predicted molar refractivity (Wildman–Crippen MR) is 91.6 cm³/mol. The molecule has 2 rings (SSSR count). The van der Waals surface area contributed by atoms with Crippen LogP contribution in [0.15, 0.2) is 24.3 Å². The molecule has 0 bridgehead atoms. The summed E-state index contributed by atoms with van der Waals surface area (Å²) in [5.41, 5.74) is 3.05. The molecule has 0 aromatic heterocycles. The zero-order valence-corrected chi connectivity index (χ0v) is 14.4. The second-order valence-electron chi connectivity index (χ2n) is 7.02. The molecule has 1 N–H and O–H groups in total. The minimum Gasteiger partial charge on any atom is -0.309 e. The van der Waals surface area contributed by atoms with Crippen molar-refractivity contribution in [1.29, 1.82) is 0 Å². The Balaban J connectivity index is 2.29. The molecule has 0 spiro atoms. The fourth-order valence-electron chi connectivity index (χ4n) is 3.72. The van der Waals surface area contributed by atoms with Crippen LogP contribution in [0.5, 0.6) is 0 Å². The number of hydrogen-bond acceptors (Lipinski definition) is 2. The van der Waals surface area contributed by atoms with Crippen LogP contribution in [0.2, 0.25) is 0 Å². The van der Waals surface area contributed by atoms with Crippen molar-refractivity contribution in [2.75, 3.05) is 13.1 Å². The summed E-state index contributed by atoms with van der Waals surface area (Å²) in [5.74, 6) is 0.715. The van der Waals surface area contributed by atoms with E-state index >= 15 is 0 Å². The fourth-order valence-corrected chi connectivity index (χ4v) is 3.72. The van der Waals surface area contributed by atoms with E-state index in [0.29, 0.717) is 24.0 Å². The Morgan fingerprint density at radius 2 is 1.90 bits per heavy atom. The van der Waals surface area contributed by atoms with Gasteiger partial charge in [0.25, 0.3) is 0 Å². The standard InChI is InChI=1S/C19H32N2/c1-6-20-19-17-10-8-7-9-16(17)11-12-18(19)21(15(4)5)13-14(2)3/h7-10,14-15,18-20H,6,11-13H2,1-5H3. The first-order chi connectivity index (χ1) is 10.0. The first-order valence-electron chi connectivity index (χ1n) is 8.61. The molecule has 2 atom stereocenters. The van der Waals surface area contributed by atoms with Crippen LogP contribution in [-0.4, -0.2) is 30.1 Å². The lowest BCUT2D eigenvalue weighted by atomic mass is 9.82. The molecule has 1 aromatic rings. The molecule has 1 aromatic carbocycles.